The van der Waals surface area contributed by atoms with Gasteiger partial charge in [-0.25, -0.2) is 4.98 Å². The Bertz CT molecular complexity index is 613. The van der Waals surface area contributed by atoms with Gasteiger partial charge in [-0.3, -0.25) is 0 Å². The lowest BCUT2D eigenvalue weighted by molar-refractivity contribution is -0.140. The third kappa shape index (κ3) is 4.35. The standard InChI is InChI=1S/C12H11F6N3/c13-11(14,15)6-19-5-10-20-8-3-1-2-4-9(8)21(10)7-12(16,17)18/h1-4,19H,5-7H2. The van der Waals surface area contributed by atoms with E-state index in [1.54, 1.807) is 12.1 Å². The van der Waals surface area contributed by atoms with Gasteiger partial charge in [-0.2, -0.15) is 26.3 Å². The molecule has 0 spiro atoms. The van der Waals surface area contributed by atoms with Crippen molar-refractivity contribution in [1.29, 1.82) is 0 Å². The Hall–Kier alpha value is -1.77. The van der Waals surface area contributed by atoms with Gasteiger partial charge in [0.2, 0.25) is 0 Å². The predicted octanol–water partition coefficient (Wildman–Crippen LogP) is 3.25. The number of hydrogen-bond donors (Lipinski definition) is 1. The van der Waals surface area contributed by atoms with E-state index in [2.05, 4.69) is 10.3 Å². The minimum absolute atomic E-state index is 0.0854. The Kier molecular flexibility index (Phi) is 4.13. The molecular formula is C12H11F6N3. The summed E-state index contributed by atoms with van der Waals surface area (Å²) in [5.41, 5.74) is 0.546. The fourth-order valence-corrected chi connectivity index (χ4v) is 1.93. The number of nitrogens with one attached hydrogen (secondary N) is 1. The van der Waals surface area contributed by atoms with Crippen molar-refractivity contribution < 1.29 is 26.3 Å². The number of para-hydroxylation sites is 2. The van der Waals surface area contributed by atoms with Crippen LogP contribution >= 0.6 is 0 Å². The van der Waals surface area contributed by atoms with Gasteiger partial charge in [0.1, 0.15) is 12.4 Å². The van der Waals surface area contributed by atoms with E-state index in [4.69, 9.17) is 0 Å². The Morgan fingerprint density at radius 1 is 1.00 bits per heavy atom. The smallest absolute Gasteiger partial charge is 0.318 e. The SMILES string of the molecule is FC(F)(F)CNCc1nc2ccccc2n1CC(F)(F)F. The molecule has 0 unspecified atom stereocenters. The van der Waals surface area contributed by atoms with Gasteiger partial charge in [-0.15, -0.1) is 0 Å². The van der Waals surface area contributed by atoms with Gasteiger partial charge >= 0.3 is 12.4 Å². The molecule has 0 aliphatic rings. The molecule has 0 bridgehead atoms. The highest BCUT2D eigenvalue weighted by Gasteiger charge is 2.31. The van der Waals surface area contributed by atoms with Gasteiger partial charge in [-0.05, 0) is 12.1 Å². The van der Waals surface area contributed by atoms with E-state index in [1.807, 2.05) is 0 Å². The van der Waals surface area contributed by atoms with E-state index >= 15 is 0 Å². The third-order valence-electron chi connectivity index (χ3n) is 2.68. The maximum absolute atomic E-state index is 12.6. The molecule has 0 atom stereocenters. The molecule has 0 aliphatic heterocycles. The zero-order valence-corrected chi connectivity index (χ0v) is 10.6. The average Bonchev–Trinajstić information content (AvgIpc) is 2.64. The van der Waals surface area contributed by atoms with Crippen LogP contribution in [0, 0.1) is 0 Å². The predicted molar refractivity (Wildman–Crippen MR) is 63.5 cm³/mol. The number of benzene rings is 1. The highest BCUT2D eigenvalue weighted by molar-refractivity contribution is 5.75. The van der Waals surface area contributed by atoms with E-state index in [1.165, 1.54) is 12.1 Å². The second-order valence-electron chi connectivity index (χ2n) is 4.44. The summed E-state index contributed by atoms with van der Waals surface area (Å²) in [5.74, 6) is -0.0854. The molecule has 0 fully saturated rings. The average molecular weight is 311 g/mol. The molecule has 1 aromatic heterocycles. The molecule has 1 heterocycles. The molecule has 1 aromatic carbocycles. The van der Waals surface area contributed by atoms with Crippen LogP contribution in [-0.4, -0.2) is 28.4 Å². The van der Waals surface area contributed by atoms with E-state index in [0.717, 1.165) is 4.57 Å². The van der Waals surface area contributed by atoms with Gasteiger partial charge in [0.15, 0.2) is 0 Å². The molecule has 0 amide bonds. The van der Waals surface area contributed by atoms with Crippen molar-refractivity contribution in [3.63, 3.8) is 0 Å². The van der Waals surface area contributed by atoms with Gasteiger partial charge in [0, 0.05) is 0 Å². The highest BCUT2D eigenvalue weighted by atomic mass is 19.4. The Morgan fingerprint density at radius 2 is 1.67 bits per heavy atom. The molecule has 0 radical (unpaired) electrons. The van der Waals surface area contributed by atoms with Crippen molar-refractivity contribution in [2.75, 3.05) is 6.54 Å². The second kappa shape index (κ2) is 5.55. The second-order valence-corrected chi connectivity index (χ2v) is 4.44. The Morgan fingerprint density at radius 3 is 2.29 bits per heavy atom. The van der Waals surface area contributed by atoms with Gasteiger partial charge in [-0.1, -0.05) is 12.1 Å². The number of alkyl halides is 6. The molecule has 116 valence electrons. The molecule has 21 heavy (non-hydrogen) atoms. The molecule has 3 nitrogen and oxygen atoms in total. The minimum atomic E-state index is -4.48. The van der Waals surface area contributed by atoms with E-state index in [9.17, 15) is 26.3 Å². The van der Waals surface area contributed by atoms with Crippen LogP contribution in [0.4, 0.5) is 26.3 Å². The van der Waals surface area contributed by atoms with Crippen molar-refractivity contribution in [3.8, 4) is 0 Å². The first-order valence-electron chi connectivity index (χ1n) is 5.94. The number of halogens is 6. The first kappa shape index (κ1) is 15.6. The summed E-state index contributed by atoms with van der Waals surface area (Å²) < 4.78 is 74.8. The van der Waals surface area contributed by atoms with Crippen molar-refractivity contribution in [1.82, 2.24) is 14.9 Å². The number of nitrogens with zero attached hydrogens (tertiary/aromatic N) is 2. The van der Waals surface area contributed by atoms with E-state index in [0.29, 0.717) is 5.52 Å². The topological polar surface area (TPSA) is 29.9 Å². The van der Waals surface area contributed by atoms with Gasteiger partial charge in [0.25, 0.3) is 0 Å². The molecule has 0 aliphatic carbocycles. The monoisotopic (exact) mass is 311 g/mol. The van der Waals surface area contributed by atoms with Gasteiger partial charge in [0.05, 0.1) is 24.1 Å². The van der Waals surface area contributed by atoms with Crippen molar-refractivity contribution >= 4 is 11.0 Å². The normalized spacial score (nSPS) is 13.0. The first-order valence-corrected chi connectivity index (χ1v) is 5.94. The third-order valence-corrected chi connectivity index (χ3v) is 2.68. The Balaban J connectivity index is 2.27. The lowest BCUT2D eigenvalue weighted by atomic mass is 10.3. The van der Waals surface area contributed by atoms with Crippen LogP contribution in [0.1, 0.15) is 5.82 Å². The zero-order valence-electron chi connectivity index (χ0n) is 10.6. The Labute approximate surface area is 115 Å². The summed E-state index contributed by atoms with van der Waals surface area (Å²) in [4.78, 5) is 3.95. The van der Waals surface area contributed by atoms with Crippen LogP contribution in [0.2, 0.25) is 0 Å². The molecule has 2 aromatic rings. The number of aromatic nitrogens is 2. The largest absolute Gasteiger partial charge is 0.406 e. The lowest BCUT2D eigenvalue weighted by Gasteiger charge is -2.13. The quantitative estimate of drug-likeness (QED) is 0.879. The number of fused-ring (bicyclic) bond motifs is 1. The van der Waals surface area contributed by atoms with Crippen LogP contribution in [0.25, 0.3) is 11.0 Å². The van der Waals surface area contributed by atoms with Crippen molar-refractivity contribution in [3.05, 3.63) is 30.1 Å². The van der Waals surface area contributed by atoms with Crippen molar-refractivity contribution in [2.24, 2.45) is 0 Å². The van der Waals surface area contributed by atoms with E-state index < -0.39 is 32.0 Å². The zero-order chi connectivity index (χ0) is 15.7. The van der Waals surface area contributed by atoms with Crippen LogP contribution < -0.4 is 5.32 Å². The fraction of sp³-hybridized carbons (Fsp3) is 0.417. The summed E-state index contributed by atoms with van der Waals surface area (Å²) in [6, 6.07) is 6.10. The number of hydrogen-bond acceptors (Lipinski definition) is 2. The number of rotatable bonds is 4. The summed E-state index contributed by atoms with van der Waals surface area (Å²) in [6.07, 6.45) is -8.91. The maximum Gasteiger partial charge on any atom is 0.406 e. The summed E-state index contributed by atoms with van der Waals surface area (Å²) in [6.45, 7) is -2.98. The van der Waals surface area contributed by atoms with Crippen LogP contribution in [0.5, 0.6) is 0 Å². The van der Waals surface area contributed by atoms with Gasteiger partial charge < -0.3 is 9.88 Å². The first-order chi connectivity index (χ1) is 9.66. The summed E-state index contributed by atoms with van der Waals surface area (Å²) in [5, 5.41) is 2.05. The lowest BCUT2D eigenvalue weighted by Crippen LogP contribution is -2.30. The van der Waals surface area contributed by atoms with E-state index in [-0.39, 0.29) is 11.3 Å². The highest BCUT2D eigenvalue weighted by Crippen LogP contribution is 2.23. The van der Waals surface area contributed by atoms with Crippen LogP contribution in [0.3, 0.4) is 0 Å². The fourth-order valence-electron chi connectivity index (χ4n) is 1.93. The number of imidazole rings is 1. The minimum Gasteiger partial charge on any atom is -0.318 e. The van der Waals surface area contributed by atoms with Crippen molar-refractivity contribution in [2.45, 2.75) is 25.4 Å². The molecule has 0 saturated carbocycles. The summed E-state index contributed by atoms with van der Waals surface area (Å²) >= 11 is 0. The molecule has 2 rings (SSSR count). The van der Waals surface area contributed by atoms with Crippen LogP contribution in [-0.2, 0) is 13.1 Å². The summed E-state index contributed by atoms with van der Waals surface area (Å²) in [7, 11) is 0. The molecule has 1 N–H and O–H groups in total. The van der Waals surface area contributed by atoms with Crippen LogP contribution in [0.15, 0.2) is 24.3 Å². The molecule has 9 heteroatoms. The maximum atomic E-state index is 12.6. The molecular weight excluding hydrogens is 300 g/mol. The molecule has 0 saturated heterocycles.